The molecule has 0 aliphatic heterocycles. The first-order chi connectivity index (χ1) is 14.8. The fourth-order valence-electron chi connectivity index (χ4n) is 3.49. The van der Waals surface area contributed by atoms with Crippen LogP contribution in [0.5, 0.6) is 5.75 Å². The van der Waals surface area contributed by atoms with Crippen LogP contribution in [-0.4, -0.2) is 0 Å². The molecule has 0 N–H and O–H groups in total. The molecule has 0 radical (unpaired) electrons. The number of hydrogen-bond acceptors (Lipinski definition) is 1. The number of alkyl halides is 2. The lowest BCUT2D eigenvalue weighted by Crippen LogP contribution is -2.23. The van der Waals surface area contributed by atoms with Crippen molar-refractivity contribution in [2.45, 2.75) is 31.8 Å². The van der Waals surface area contributed by atoms with Crippen LogP contribution in [0, 0.1) is 32.4 Å². The van der Waals surface area contributed by atoms with Crippen LogP contribution in [0.2, 0.25) is 0 Å². The SMILES string of the molecule is Cc1cc(C)c(-c2ccc(C(F)(F)Oc3ccc(S(F)(F)(F)(F)F)c(F)c3)c(C)c2)c(F)c1. The summed E-state index contributed by atoms with van der Waals surface area (Å²) in [5, 5.41) is 0. The third kappa shape index (κ3) is 5.23. The molecule has 0 saturated heterocycles. The Morgan fingerprint density at radius 1 is 0.727 bits per heavy atom. The van der Waals surface area contributed by atoms with Crippen molar-refractivity contribution in [1.82, 2.24) is 0 Å². The quantitative estimate of drug-likeness (QED) is 0.317. The molecule has 180 valence electrons. The van der Waals surface area contributed by atoms with E-state index in [-0.39, 0.29) is 29.3 Å². The van der Waals surface area contributed by atoms with Crippen molar-refractivity contribution in [3.8, 4) is 16.9 Å². The second-order valence-electron chi connectivity index (χ2n) is 7.65. The first-order valence-electron chi connectivity index (χ1n) is 9.27. The normalized spacial score (nSPS) is 14.5. The van der Waals surface area contributed by atoms with Crippen LogP contribution in [0.4, 0.5) is 37.0 Å². The highest BCUT2D eigenvalue weighted by Gasteiger charge is 2.67. The van der Waals surface area contributed by atoms with E-state index < -0.39 is 44.2 Å². The monoisotopic (exact) mass is 500 g/mol. The molecular weight excluding hydrogens is 483 g/mol. The van der Waals surface area contributed by atoms with Gasteiger partial charge in [0.15, 0.2) is 0 Å². The zero-order valence-electron chi connectivity index (χ0n) is 17.3. The molecule has 0 saturated carbocycles. The largest absolute Gasteiger partial charge is 0.429 e. The van der Waals surface area contributed by atoms with Gasteiger partial charge in [0.1, 0.15) is 22.3 Å². The molecule has 0 fully saturated rings. The van der Waals surface area contributed by atoms with Gasteiger partial charge < -0.3 is 4.74 Å². The molecule has 3 aromatic carbocycles. The van der Waals surface area contributed by atoms with E-state index in [1.165, 1.54) is 25.1 Å². The Kier molecular flexibility index (Phi) is 5.33. The van der Waals surface area contributed by atoms with Crippen LogP contribution in [0.1, 0.15) is 22.3 Å². The van der Waals surface area contributed by atoms with E-state index in [1.807, 2.05) is 0 Å². The van der Waals surface area contributed by atoms with E-state index in [9.17, 15) is 37.0 Å². The molecule has 0 bridgehead atoms. The predicted molar refractivity (Wildman–Crippen MR) is 108 cm³/mol. The molecule has 11 heteroatoms. The van der Waals surface area contributed by atoms with Gasteiger partial charge in [-0.1, -0.05) is 37.6 Å². The summed E-state index contributed by atoms with van der Waals surface area (Å²) < 4.78 is 126. The summed E-state index contributed by atoms with van der Waals surface area (Å²) in [6, 6.07) is 6.06. The fourth-order valence-corrected chi connectivity index (χ4v) is 4.24. The Morgan fingerprint density at radius 3 is 1.88 bits per heavy atom. The molecule has 1 nitrogen and oxygen atoms in total. The van der Waals surface area contributed by atoms with Crippen molar-refractivity contribution < 1.29 is 41.7 Å². The van der Waals surface area contributed by atoms with E-state index in [1.54, 1.807) is 19.9 Å². The van der Waals surface area contributed by atoms with Gasteiger partial charge >= 0.3 is 16.3 Å². The zero-order chi connectivity index (χ0) is 25.0. The molecule has 0 aliphatic carbocycles. The summed E-state index contributed by atoms with van der Waals surface area (Å²) in [5.41, 5.74) is 0.962. The van der Waals surface area contributed by atoms with Gasteiger partial charge in [0, 0.05) is 11.6 Å². The lowest BCUT2D eigenvalue weighted by molar-refractivity contribution is -0.185. The summed E-state index contributed by atoms with van der Waals surface area (Å²) in [7, 11) is -10.3. The first-order valence-corrected chi connectivity index (χ1v) is 11.2. The number of aryl methyl sites for hydroxylation is 3. The van der Waals surface area contributed by atoms with Crippen molar-refractivity contribution in [3.05, 3.63) is 82.4 Å². The molecular formula is C22H17F9OS. The van der Waals surface area contributed by atoms with E-state index in [4.69, 9.17) is 0 Å². The Morgan fingerprint density at radius 2 is 1.36 bits per heavy atom. The molecule has 33 heavy (non-hydrogen) atoms. The van der Waals surface area contributed by atoms with Gasteiger partial charge in [0.05, 0.1) is 5.56 Å². The van der Waals surface area contributed by atoms with Crippen LogP contribution in [-0.2, 0) is 6.11 Å². The van der Waals surface area contributed by atoms with Crippen molar-refractivity contribution in [2.75, 3.05) is 0 Å². The third-order valence-electron chi connectivity index (χ3n) is 4.83. The van der Waals surface area contributed by atoms with E-state index >= 15 is 0 Å². The molecule has 0 spiro atoms. The van der Waals surface area contributed by atoms with Crippen LogP contribution in [0.15, 0.2) is 53.4 Å². The molecule has 0 amide bonds. The Bertz CT molecular complexity index is 1230. The lowest BCUT2D eigenvalue weighted by Gasteiger charge is -2.40. The third-order valence-corrected chi connectivity index (χ3v) is 5.99. The second-order valence-corrected chi connectivity index (χ2v) is 10.0. The smallest absolute Gasteiger partial charge is 0.426 e. The van der Waals surface area contributed by atoms with Crippen molar-refractivity contribution in [2.24, 2.45) is 0 Å². The highest BCUT2D eigenvalue weighted by atomic mass is 32.5. The zero-order valence-corrected chi connectivity index (χ0v) is 18.2. The summed E-state index contributed by atoms with van der Waals surface area (Å²) in [5.74, 6) is -4.09. The number of halogens is 9. The van der Waals surface area contributed by atoms with Gasteiger partial charge in [0.25, 0.3) is 0 Å². The minimum atomic E-state index is -10.3. The molecule has 0 unspecified atom stereocenters. The summed E-state index contributed by atoms with van der Waals surface area (Å²) in [6.07, 6.45) is -4.16. The average molecular weight is 500 g/mol. The highest BCUT2D eigenvalue weighted by Crippen LogP contribution is 3.02. The molecule has 3 rings (SSSR count). The van der Waals surface area contributed by atoms with Crippen LogP contribution >= 0.6 is 10.2 Å². The Balaban J connectivity index is 1.95. The summed E-state index contributed by atoms with van der Waals surface area (Å²) in [4.78, 5) is -2.83. The van der Waals surface area contributed by atoms with Gasteiger partial charge in [-0.15, -0.1) is 0 Å². The first kappa shape index (κ1) is 24.8. The van der Waals surface area contributed by atoms with Gasteiger partial charge in [-0.3, -0.25) is 0 Å². The topological polar surface area (TPSA) is 9.23 Å². The average Bonchev–Trinajstić information content (AvgIpc) is 2.57. The maximum Gasteiger partial charge on any atom is 0.426 e. The number of ether oxygens (including phenoxy) is 1. The number of hydrogen-bond donors (Lipinski definition) is 0. The standard InChI is InChI=1S/C22H17F9OS/c1-12-8-14(3)21(19(24)9-12)15-4-6-17(13(2)10-15)22(25,26)32-16-5-7-20(18(23)11-16)33(27,28,29,30)31/h4-11H,1-3H3. The number of benzene rings is 3. The molecule has 0 aromatic heterocycles. The molecule has 0 atom stereocenters. The second kappa shape index (κ2) is 7.09. The molecule has 0 aliphatic rings. The van der Waals surface area contributed by atoms with Crippen LogP contribution in [0.25, 0.3) is 11.1 Å². The summed E-state index contributed by atoms with van der Waals surface area (Å²) >= 11 is 0. The van der Waals surface area contributed by atoms with Crippen LogP contribution in [0.3, 0.4) is 0 Å². The van der Waals surface area contributed by atoms with Crippen molar-refractivity contribution in [1.29, 1.82) is 0 Å². The van der Waals surface area contributed by atoms with Gasteiger partial charge in [-0.05, 0) is 67.3 Å². The minimum Gasteiger partial charge on any atom is -0.429 e. The van der Waals surface area contributed by atoms with Gasteiger partial charge in [0.2, 0.25) is 0 Å². The van der Waals surface area contributed by atoms with Gasteiger partial charge in [-0.25, -0.2) is 8.78 Å². The molecule has 0 heterocycles. The summed E-state index contributed by atoms with van der Waals surface area (Å²) in [6.45, 7) is 4.62. The van der Waals surface area contributed by atoms with Gasteiger partial charge in [-0.2, -0.15) is 8.78 Å². The van der Waals surface area contributed by atoms with Crippen molar-refractivity contribution in [3.63, 3.8) is 0 Å². The van der Waals surface area contributed by atoms with E-state index in [0.29, 0.717) is 16.7 Å². The molecule has 3 aromatic rings. The Hall–Kier alpha value is -2.82. The van der Waals surface area contributed by atoms with Crippen molar-refractivity contribution >= 4 is 10.2 Å². The minimum absolute atomic E-state index is 0.0547. The van der Waals surface area contributed by atoms with Crippen LogP contribution < -0.4 is 4.74 Å². The van der Waals surface area contributed by atoms with E-state index in [0.717, 1.165) is 6.07 Å². The maximum atomic E-state index is 14.7. The Labute approximate surface area is 183 Å². The maximum absolute atomic E-state index is 14.7. The van der Waals surface area contributed by atoms with E-state index in [2.05, 4.69) is 4.74 Å². The predicted octanol–water partition coefficient (Wildman–Crippen LogP) is 9.34. The lowest BCUT2D eigenvalue weighted by atomic mass is 9.95. The fraction of sp³-hybridized carbons (Fsp3) is 0.182. The highest BCUT2D eigenvalue weighted by molar-refractivity contribution is 8.45. The number of rotatable bonds is 5.